The minimum Gasteiger partial charge on any atom is -0.335 e. The lowest BCUT2D eigenvalue weighted by molar-refractivity contribution is 0.435. The second kappa shape index (κ2) is 4.35. The van der Waals surface area contributed by atoms with Gasteiger partial charge < -0.3 is 9.88 Å². The molecule has 1 aromatic rings. The molecule has 0 spiro atoms. The van der Waals surface area contributed by atoms with Crippen molar-refractivity contribution in [2.75, 3.05) is 13.1 Å². The minimum absolute atomic E-state index is 0.568. The van der Waals surface area contributed by atoms with Crippen LogP contribution in [0.4, 0.5) is 0 Å². The third-order valence-corrected chi connectivity index (χ3v) is 3.36. The van der Waals surface area contributed by atoms with E-state index in [1.807, 2.05) is 6.20 Å². The molecule has 84 valence electrons. The Morgan fingerprint density at radius 1 is 1.40 bits per heavy atom. The summed E-state index contributed by atoms with van der Waals surface area (Å²) in [4.78, 5) is 4.60. The zero-order chi connectivity index (χ0) is 10.8. The van der Waals surface area contributed by atoms with Crippen molar-refractivity contribution in [2.24, 2.45) is 7.05 Å². The van der Waals surface area contributed by atoms with Crippen molar-refractivity contribution in [3.05, 3.63) is 17.7 Å². The van der Waals surface area contributed by atoms with E-state index >= 15 is 0 Å². The molecule has 0 aliphatic carbocycles. The molecule has 3 nitrogen and oxygen atoms in total. The van der Waals surface area contributed by atoms with Crippen LogP contribution in [0, 0.1) is 0 Å². The predicted molar refractivity (Wildman–Crippen MR) is 62.1 cm³/mol. The molecular formula is C12H21N3. The molecule has 3 heteroatoms. The lowest BCUT2D eigenvalue weighted by atomic mass is 9.97. The molecule has 0 unspecified atom stereocenters. The van der Waals surface area contributed by atoms with Crippen LogP contribution in [0.15, 0.2) is 6.20 Å². The van der Waals surface area contributed by atoms with E-state index in [4.69, 9.17) is 0 Å². The summed E-state index contributed by atoms with van der Waals surface area (Å²) in [7, 11) is 2.15. The van der Waals surface area contributed by atoms with E-state index in [1.165, 1.54) is 24.4 Å². The van der Waals surface area contributed by atoms with E-state index in [9.17, 15) is 0 Å². The second-order valence-corrected chi connectivity index (χ2v) is 4.78. The van der Waals surface area contributed by atoms with Crippen molar-refractivity contribution >= 4 is 0 Å². The average molecular weight is 207 g/mol. The predicted octanol–water partition coefficient (Wildman–Crippen LogP) is 2.01. The average Bonchev–Trinajstić information content (AvgIpc) is 2.61. The number of piperidine rings is 1. The van der Waals surface area contributed by atoms with E-state index in [0.29, 0.717) is 11.8 Å². The molecule has 0 atom stereocenters. The first-order chi connectivity index (χ1) is 7.20. The monoisotopic (exact) mass is 207 g/mol. The van der Waals surface area contributed by atoms with E-state index in [1.54, 1.807) is 0 Å². The molecule has 2 rings (SSSR count). The van der Waals surface area contributed by atoms with Crippen LogP contribution in [0.25, 0.3) is 0 Å². The molecule has 1 aromatic heterocycles. The summed E-state index contributed by atoms with van der Waals surface area (Å²) in [6.45, 7) is 6.72. The highest BCUT2D eigenvalue weighted by molar-refractivity contribution is 5.12. The highest BCUT2D eigenvalue weighted by atomic mass is 15.1. The summed E-state index contributed by atoms with van der Waals surface area (Å²) in [6, 6.07) is 0. The number of aromatic nitrogens is 2. The van der Waals surface area contributed by atoms with Crippen molar-refractivity contribution in [1.82, 2.24) is 14.9 Å². The third kappa shape index (κ3) is 2.07. The Bertz CT molecular complexity index is 322. The van der Waals surface area contributed by atoms with Crippen molar-refractivity contribution in [3.8, 4) is 0 Å². The largest absolute Gasteiger partial charge is 0.335 e. The number of rotatable bonds is 2. The fourth-order valence-corrected chi connectivity index (χ4v) is 2.43. The lowest BCUT2D eigenvalue weighted by Gasteiger charge is -2.22. The Labute approximate surface area is 91.9 Å². The van der Waals surface area contributed by atoms with Gasteiger partial charge in [0, 0.05) is 24.9 Å². The van der Waals surface area contributed by atoms with E-state index in [-0.39, 0.29) is 0 Å². The molecule has 1 aliphatic rings. The van der Waals surface area contributed by atoms with Gasteiger partial charge in [0.05, 0.1) is 0 Å². The Balaban J connectivity index is 2.20. The number of hydrogen-bond donors (Lipinski definition) is 1. The van der Waals surface area contributed by atoms with Gasteiger partial charge in [-0.1, -0.05) is 13.8 Å². The van der Waals surface area contributed by atoms with Gasteiger partial charge in [-0.3, -0.25) is 0 Å². The minimum atomic E-state index is 0.568. The lowest BCUT2D eigenvalue weighted by Crippen LogP contribution is -2.28. The van der Waals surface area contributed by atoms with Gasteiger partial charge in [0.2, 0.25) is 0 Å². The molecule has 0 radical (unpaired) electrons. The first-order valence-electron chi connectivity index (χ1n) is 5.92. The van der Waals surface area contributed by atoms with Crippen LogP contribution in [-0.4, -0.2) is 22.6 Å². The van der Waals surface area contributed by atoms with Gasteiger partial charge in [-0.05, 0) is 31.8 Å². The molecule has 2 heterocycles. The molecule has 1 fully saturated rings. The second-order valence-electron chi connectivity index (χ2n) is 4.78. The maximum Gasteiger partial charge on any atom is 0.111 e. The van der Waals surface area contributed by atoms with Crippen LogP contribution in [0.1, 0.15) is 50.0 Å². The van der Waals surface area contributed by atoms with Crippen LogP contribution < -0.4 is 5.32 Å². The number of hydrogen-bond acceptors (Lipinski definition) is 2. The van der Waals surface area contributed by atoms with Crippen LogP contribution in [0.2, 0.25) is 0 Å². The van der Waals surface area contributed by atoms with Crippen LogP contribution in [0.3, 0.4) is 0 Å². The van der Waals surface area contributed by atoms with Crippen molar-refractivity contribution in [3.63, 3.8) is 0 Å². The molecule has 15 heavy (non-hydrogen) atoms. The SMILES string of the molecule is CC(C)c1cnc(C2CCNCC2)n1C. The third-order valence-electron chi connectivity index (χ3n) is 3.36. The molecule has 0 amide bonds. The summed E-state index contributed by atoms with van der Waals surface area (Å²) < 4.78 is 2.29. The Kier molecular flexibility index (Phi) is 3.10. The summed E-state index contributed by atoms with van der Waals surface area (Å²) >= 11 is 0. The Morgan fingerprint density at radius 3 is 2.60 bits per heavy atom. The van der Waals surface area contributed by atoms with E-state index in [2.05, 4.69) is 35.8 Å². The van der Waals surface area contributed by atoms with Gasteiger partial charge in [-0.25, -0.2) is 4.98 Å². The Hall–Kier alpha value is -0.830. The first kappa shape index (κ1) is 10.7. The van der Waals surface area contributed by atoms with Gasteiger partial charge in [0.15, 0.2) is 0 Å². The summed E-state index contributed by atoms with van der Waals surface area (Å²) in [5.41, 5.74) is 1.35. The van der Waals surface area contributed by atoms with E-state index < -0.39 is 0 Å². The highest BCUT2D eigenvalue weighted by Crippen LogP contribution is 2.26. The van der Waals surface area contributed by atoms with Crippen molar-refractivity contribution < 1.29 is 0 Å². The first-order valence-corrected chi connectivity index (χ1v) is 5.92. The maximum absolute atomic E-state index is 4.60. The molecule has 0 saturated carbocycles. The quantitative estimate of drug-likeness (QED) is 0.804. The number of nitrogens with one attached hydrogen (secondary N) is 1. The van der Waals surface area contributed by atoms with Crippen LogP contribution in [0.5, 0.6) is 0 Å². The van der Waals surface area contributed by atoms with Crippen LogP contribution >= 0.6 is 0 Å². The molecule has 1 N–H and O–H groups in total. The topological polar surface area (TPSA) is 29.9 Å². The normalized spacial score (nSPS) is 18.7. The zero-order valence-corrected chi connectivity index (χ0v) is 9.95. The van der Waals surface area contributed by atoms with E-state index in [0.717, 1.165) is 13.1 Å². The molecular weight excluding hydrogens is 186 g/mol. The van der Waals surface area contributed by atoms with Crippen molar-refractivity contribution in [2.45, 2.75) is 38.5 Å². The summed E-state index contributed by atoms with van der Waals surface area (Å²) in [6.07, 6.45) is 4.49. The molecule has 0 aromatic carbocycles. The highest BCUT2D eigenvalue weighted by Gasteiger charge is 2.20. The molecule has 1 aliphatic heterocycles. The van der Waals surface area contributed by atoms with Gasteiger partial charge in [-0.15, -0.1) is 0 Å². The van der Waals surface area contributed by atoms with Crippen LogP contribution in [-0.2, 0) is 7.05 Å². The van der Waals surface area contributed by atoms with Gasteiger partial charge >= 0.3 is 0 Å². The summed E-state index contributed by atoms with van der Waals surface area (Å²) in [5.74, 6) is 2.50. The zero-order valence-electron chi connectivity index (χ0n) is 9.95. The Morgan fingerprint density at radius 2 is 2.07 bits per heavy atom. The molecule has 0 bridgehead atoms. The number of nitrogens with zero attached hydrogens (tertiary/aromatic N) is 2. The smallest absolute Gasteiger partial charge is 0.111 e. The van der Waals surface area contributed by atoms with Gasteiger partial charge in [-0.2, -0.15) is 0 Å². The number of imidazole rings is 1. The summed E-state index contributed by atoms with van der Waals surface area (Å²) in [5, 5.41) is 3.40. The standard InChI is InChI=1S/C12H21N3/c1-9(2)11-8-14-12(15(11)3)10-4-6-13-7-5-10/h8-10,13H,4-7H2,1-3H3. The van der Waals surface area contributed by atoms with Gasteiger partial charge in [0.25, 0.3) is 0 Å². The molecule has 1 saturated heterocycles. The fraction of sp³-hybridized carbons (Fsp3) is 0.750. The van der Waals surface area contributed by atoms with Gasteiger partial charge in [0.1, 0.15) is 5.82 Å². The van der Waals surface area contributed by atoms with Crippen molar-refractivity contribution in [1.29, 1.82) is 0 Å². The fourth-order valence-electron chi connectivity index (χ4n) is 2.43. The maximum atomic E-state index is 4.60.